The molecule has 0 saturated heterocycles. The molecule has 5 nitrogen and oxygen atoms in total. The summed E-state index contributed by atoms with van der Waals surface area (Å²) in [4.78, 5) is 9.92. The average Bonchev–Trinajstić information content (AvgIpc) is 2.85. The zero-order valence-electron chi connectivity index (χ0n) is 19.7. The van der Waals surface area contributed by atoms with Crippen LogP contribution in [0.1, 0.15) is 22.5 Å². The summed E-state index contributed by atoms with van der Waals surface area (Å²) >= 11 is 0. The van der Waals surface area contributed by atoms with E-state index in [0.717, 1.165) is 59.4 Å². The molecule has 0 aliphatic heterocycles. The number of aromatic nitrogens is 2. The highest BCUT2D eigenvalue weighted by atomic mass is 35.5. The van der Waals surface area contributed by atoms with Crippen LogP contribution >= 0.6 is 37.2 Å². The lowest BCUT2D eigenvalue weighted by Gasteiger charge is -2.09. The van der Waals surface area contributed by atoms with Gasteiger partial charge in [0.2, 0.25) is 0 Å². The third kappa shape index (κ3) is 7.87. The monoisotopic (exact) mass is 544 g/mol. The molecule has 3 aromatic carbocycles. The maximum Gasteiger partial charge on any atom is 0.0968 e. The molecule has 4 N–H and O–H groups in total. The molecule has 8 heteroatoms. The summed E-state index contributed by atoms with van der Waals surface area (Å²) in [6.07, 6.45) is 0. The minimum atomic E-state index is 0. The summed E-state index contributed by atoms with van der Waals surface area (Å²) in [5.74, 6) is 0. The van der Waals surface area contributed by atoms with Gasteiger partial charge in [0.05, 0.1) is 22.4 Å². The van der Waals surface area contributed by atoms with E-state index in [2.05, 4.69) is 95.6 Å². The number of nitrogens with zero attached hydrogens (tertiary/aromatic N) is 2. The van der Waals surface area contributed by atoms with Crippen molar-refractivity contribution in [2.45, 2.75) is 26.2 Å². The summed E-state index contributed by atoms with van der Waals surface area (Å²) in [5.41, 5.74) is 6.52. The molecule has 0 aliphatic carbocycles. The molecule has 5 rings (SSSR count). The molecule has 0 aliphatic rings. The summed E-state index contributed by atoms with van der Waals surface area (Å²) in [5, 5.41) is 9.22. The van der Waals surface area contributed by atoms with Crippen LogP contribution in [-0.2, 0) is 26.2 Å². The predicted molar refractivity (Wildman–Crippen MR) is 156 cm³/mol. The van der Waals surface area contributed by atoms with Crippen molar-refractivity contribution in [2.75, 3.05) is 0 Å². The molecule has 0 radical (unpaired) electrons. The van der Waals surface area contributed by atoms with E-state index in [-0.39, 0.29) is 42.7 Å². The number of nitrogens with one attached hydrogen (secondary N) is 2. The molecule has 0 amide bonds. The fourth-order valence-electron chi connectivity index (χ4n) is 3.91. The Labute approximate surface area is 230 Å². The summed E-state index contributed by atoms with van der Waals surface area (Å²) in [6, 6.07) is 33.6. The van der Waals surface area contributed by atoms with E-state index in [1.165, 1.54) is 11.1 Å². The molecular formula is C28H31Cl3N4O. The van der Waals surface area contributed by atoms with E-state index in [9.17, 15) is 0 Å². The van der Waals surface area contributed by atoms with Crippen LogP contribution in [0.3, 0.4) is 0 Å². The smallest absolute Gasteiger partial charge is 0.0968 e. The van der Waals surface area contributed by atoms with Crippen LogP contribution in [0.5, 0.6) is 0 Å². The predicted octanol–water partition coefficient (Wildman–Crippen LogP) is 5.80. The molecule has 36 heavy (non-hydrogen) atoms. The second-order valence-electron chi connectivity index (χ2n) is 7.99. The fourth-order valence-corrected chi connectivity index (χ4v) is 3.91. The van der Waals surface area contributed by atoms with Crippen LogP contribution < -0.4 is 10.6 Å². The van der Waals surface area contributed by atoms with Crippen LogP contribution in [0, 0.1) is 0 Å². The van der Waals surface area contributed by atoms with Gasteiger partial charge in [-0.15, -0.1) is 37.2 Å². The lowest BCUT2D eigenvalue weighted by atomic mass is 10.1. The van der Waals surface area contributed by atoms with Gasteiger partial charge in [-0.1, -0.05) is 84.9 Å². The molecular weight excluding hydrogens is 515 g/mol. The van der Waals surface area contributed by atoms with Crippen LogP contribution in [0.25, 0.3) is 21.8 Å². The van der Waals surface area contributed by atoms with Crippen molar-refractivity contribution in [3.8, 4) is 0 Å². The van der Waals surface area contributed by atoms with Gasteiger partial charge in [-0.3, -0.25) is 0 Å². The van der Waals surface area contributed by atoms with Gasteiger partial charge in [-0.05, 0) is 23.3 Å². The molecule has 0 bridgehead atoms. The number of rotatable bonds is 8. The van der Waals surface area contributed by atoms with Crippen molar-refractivity contribution in [2.24, 2.45) is 0 Å². The summed E-state index contributed by atoms with van der Waals surface area (Å²) < 4.78 is 0. The molecule has 0 saturated carbocycles. The van der Waals surface area contributed by atoms with Crippen molar-refractivity contribution in [3.63, 3.8) is 0 Å². The molecule has 0 atom stereocenters. The molecule has 190 valence electrons. The Morgan fingerprint density at radius 2 is 0.806 bits per heavy atom. The molecule has 5 aromatic rings. The van der Waals surface area contributed by atoms with Crippen LogP contribution in [-0.4, -0.2) is 15.4 Å². The highest BCUT2D eigenvalue weighted by Gasteiger charge is 2.07. The number of hydrogen-bond donors (Lipinski definition) is 2. The van der Waals surface area contributed by atoms with E-state index >= 15 is 0 Å². The maximum atomic E-state index is 4.96. The van der Waals surface area contributed by atoms with Gasteiger partial charge < -0.3 is 16.1 Å². The molecule has 0 fully saturated rings. The third-order valence-electron chi connectivity index (χ3n) is 5.59. The quantitative estimate of drug-likeness (QED) is 0.241. The summed E-state index contributed by atoms with van der Waals surface area (Å²) in [6.45, 7) is 3.09. The standard InChI is InChI=1S/C28H26N4.3ClH.H2O/c1-3-7-21(8-4-1)17-29-19-25-15-13-23-11-12-24-14-16-26(32-28(24)27(23)31-25)20-30-18-22-9-5-2-6-10-22;;;;/h1-16,29-30H,17-20H2;3*1H;1H2. The van der Waals surface area contributed by atoms with E-state index in [0.29, 0.717) is 0 Å². The van der Waals surface area contributed by atoms with Crippen molar-refractivity contribution in [1.29, 1.82) is 0 Å². The van der Waals surface area contributed by atoms with Crippen molar-refractivity contribution >= 4 is 59.0 Å². The lowest BCUT2D eigenvalue weighted by molar-refractivity contribution is 0.680. The van der Waals surface area contributed by atoms with Crippen molar-refractivity contribution in [3.05, 3.63) is 120 Å². The first-order chi connectivity index (χ1) is 15.8. The van der Waals surface area contributed by atoms with Gasteiger partial charge >= 0.3 is 0 Å². The molecule has 2 aromatic heterocycles. The Bertz CT molecular complexity index is 1230. The van der Waals surface area contributed by atoms with Gasteiger partial charge in [0.1, 0.15) is 0 Å². The normalized spacial score (nSPS) is 10.0. The zero-order valence-corrected chi connectivity index (χ0v) is 22.1. The number of fused-ring (bicyclic) bond motifs is 3. The Balaban J connectivity index is 0.00000162. The zero-order chi connectivity index (χ0) is 21.6. The highest BCUT2D eigenvalue weighted by Crippen LogP contribution is 2.23. The first-order valence-electron chi connectivity index (χ1n) is 11.0. The van der Waals surface area contributed by atoms with Gasteiger partial charge in [0.15, 0.2) is 0 Å². The third-order valence-corrected chi connectivity index (χ3v) is 5.59. The first kappa shape index (κ1) is 31.3. The highest BCUT2D eigenvalue weighted by molar-refractivity contribution is 6.02. The van der Waals surface area contributed by atoms with E-state index in [1.54, 1.807) is 0 Å². The topological polar surface area (TPSA) is 81.3 Å². The van der Waals surface area contributed by atoms with Gasteiger partial charge in [-0.2, -0.15) is 0 Å². The Morgan fingerprint density at radius 3 is 1.19 bits per heavy atom. The molecule has 0 spiro atoms. The lowest BCUT2D eigenvalue weighted by Crippen LogP contribution is -2.14. The average molecular weight is 546 g/mol. The second-order valence-corrected chi connectivity index (χ2v) is 7.99. The first-order valence-corrected chi connectivity index (χ1v) is 11.0. The number of pyridine rings is 2. The van der Waals surface area contributed by atoms with Gasteiger partial charge in [0.25, 0.3) is 0 Å². The van der Waals surface area contributed by atoms with Crippen molar-refractivity contribution < 1.29 is 5.48 Å². The Hall–Kier alpha value is -2.77. The minimum absolute atomic E-state index is 0. The fraction of sp³-hybridized carbons (Fsp3) is 0.143. The summed E-state index contributed by atoms with van der Waals surface area (Å²) in [7, 11) is 0. The van der Waals surface area contributed by atoms with Crippen LogP contribution in [0.2, 0.25) is 0 Å². The number of benzene rings is 3. The number of halogens is 3. The van der Waals surface area contributed by atoms with Gasteiger partial charge in [0, 0.05) is 37.0 Å². The second kappa shape index (κ2) is 15.4. The van der Waals surface area contributed by atoms with Crippen molar-refractivity contribution in [1.82, 2.24) is 20.6 Å². The minimum Gasteiger partial charge on any atom is -0.412 e. The van der Waals surface area contributed by atoms with E-state index in [1.807, 2.05) is 12.1 Å². The molecule has 0 unspecified atom stereocenters. The van der Waals surface area contributed by atoms with Crippen LogP contribution in [0.15, 0.2) is 97.1 Å². The largest absolute Gasteiger partial charge is 0.412 e. The molecule has 2 heterocycles. The Morgan fingerprint density at radius 1 is 0.444 bits per heavy atom. The number of hydrogen-bond acceptors (Lipinski definition) is 4. The Kier molecular flexibility index (Phi) is 13.3. The van der Waals surface area contributed by atoms with Crippen LogP contribution in [0.4, 0.5) is 0 Å². The van der Waals surface area contributed by atoms with E-state index in [4.69, 9.17) is 9.97 Å². The van der Waals surface area contributed by atoms with E-state index < -0.39 is 0 Å². The SMILES string of the molecule is Cl.Cl.Cl.O.c1ccc(CNCc2ccc3ccc4ccc(CNCc5ccccc5)nc4c3n2)cc1. The maximum absolute atomic E-state index is 4.96. The van der Waals surface area contributed by atoms with Gasteiger partial charge in [-0.25, -0.2) is 9.97 Å².